The molecule has 1 saturated heterocycles. The van der Waals surface area contributed by atoms with E-state index in [9.17, 15) is 31.9 Å². The lowest BCUT2D eigenvalue weighted by molar-refractivity contribution is -0.137. The quantitative estimate of drug-likeness (QED) is 0.493. The Morgan fingerprint density at radius 3 is 2.59 bits per heavy atom. The second kappa shape index (κ2) is 8.13. The van der Waals surface area contributed by atoms with Crippen LogP contribution < -0.4 is 16.0 Å². The fourth-order valence-electron chi connectivity index (χ4n) is 3.78. The SMILES string of the molecule is O=C1NC(=O)C(CC(=O)N2CCc3c(cccc3Nc3ccc(C(F)(F)F)cc3F)C2)N1. The van der Waals surface area contributed by atoms with Gasteiger partial charge in [0.15, 0.2) is 0 Å². The van der Waals surface area contributed by atoms with Gasteiger partial charge in [-0.25, -0.2) is 9.18 Å². The first-order chi connectivity index (χ1) is 15.1. The number of fused-ring (bicyclic) bond motifs is 1. The number of hydrogen-bond donors (Lipinski definition) is 3. The third kappa shape index (κ3) is 4.36. The van der Waals surface area contributed by atoms with Crippen molar-refractivity contribution in [3.8, 4) is 0 Å². The van der Waals surface area contributed by atoms with E-state index in [1.807, 2.05) is 0 Å². The molecule has 0 radical (unpaired) electrons. The molecule has 0 spiro atoms. The third-order valence-electron chi connectivity index (χ3n) is 5.42. The lowest BCUT2D eigenvalue weighted by Gasteiger charge is -2.31. The van der Waals surface area contributed by atoms with Crippen molar-refractivity contribution in [2.75, 3.05) is 11.9 Å². The number of benzene rings is 2. The minimum Gasteiger partial charge on any atom is -0.353 e. The highest BCUT2D eigenvalue weighted by atomic mass is 19.4. The van der Waals surface area contributed by atoms with E-state index in [2.05, 4.69) is 16.0 Å². The number of imide groups is 1. The lowest BCUT2D eigenvalue weighted by atomic mass is 9.97. The molecule has 0 saturated carbocycles. The number of carbonyl (C=O) groups excluding carboxylic acids is 3. The van der Waals surface area contributed by atoms with Gasteiger partial charge in [-0.05, 0) is 41.8 Å². The number of alkyl halides is 3. The standard InChI is InChI=1S/C21H18F4N4O3/c22-14-8-12(21(23,24)25)4-5-16(14)26-15-3-1-2-11-10-29(7-6-13(11)15)18(30)9-17-19(31)28-20(32)27-17/h1-5,8,17,26H,6-7,9-10H2,(H2,27,28,31,32). The van der Waals surface area contributed by atoms with E-state index < -0.39 is 35.5 Å². The number of urea groups is 1. The van der Waals surface area contributed by atoms with Gasteiger partial charge in [0.1, 0.15) is 11.9 Å². The highest BCUT2D eigenvalue weighted by Crippen LogP contribution is 2.34. The Bertz CT molecular complexity index is 1100. The number of nitrogens with zero attached hydrogens (tertiary/aromatic N) is 1. The van der Waals surface area contributed by atoms with Crippen LogP contribution in [0.25, 0.3) is 0 Å². The van der Waals surface area contributed by atoms with Gasteiger partial charge in [-0.1, -0.05) is 12.1 Å². The highest BCUT2D eigenvalue weighted by Gasteiger charge is 2.34. The molecule has 11 heteroatoms. The number of amides is 4. The number of hydrogen-bond acceptors (Lipinski definition) is 4. The van der Waals surface area contributed by atoms with E-state index in [1.54, 1.807) is 23.1 Å². The van der Waals surface area contributed by atoms with Crippen LogP contribution in [0.2, 0.25) is 0 Å². The third-order valence-corrected chi connectivity index (χ3v) is 5.42. The van der Waals surface area contributed by atoms with E-state index in [1.165, 1.54) is 0 Å². The summed E-state index contributed by atoms with van der Waals surface area (Å²) in [5, 5.41) is 7.31. The molecular formula is C21H18F4N4O3. The van der Waals surface area contributed by atoms with Crippen LogP contribution in [0.1, 0.15) is 23.1 Å². The molecule has 3 N–H and O–H groups in total. The molecule has 2 aromatic rings. The molecule has 2 heterocycles. The van der Waals surface area contributed by atoms with Gasteiger partial charge in [0.05, 0.1) is 17.7 Å². The molecule has 1 atom stereocenters. The lowest BCUT2D eigenvalue weighted by Crippen LogP contribution is -2.41. The Hall–Kier alpha value is -3.63. The Kier molecular flexibility index (Phi) is 5.49. The molecule has 168 valence electrons. The summed E-state index contributed by atoms with van der Waals surface area (Å²) in [7, 11) is 0. The number of nitrogens with one attached hydrogen (secondary N) is 3. The van der Waals surface area contributed by atoms with Crippen LogP contribution in [-0.4, -0.2) is 35.3 Å². The fourth-order valence-corrected chi connectivity index (χ4v) is 3.78. The fraction of sp³-hybridized carbons (Fsp3) is 0.286. The maximum atomic E-state index is 14.2. The average molecular weight is 450 g/mol. The van der Waals surface area contributed by atoms with Crippen LogP contribution in [0.5, 0.6) is 0 Å². The van der Waals surface area contributed by atoms with Crippen molar-refractivity contribution >= 4 is 29.2 Å². The first-order valence-corrected chi connectivity index (χ1v) is 9.75. The summed E-state index contributed by atoms with van der Waals surface area (Å²) in [5.74, 6) is -1.88. The van der Waals surface area contributed by atoms with E-state index in [4.69, 9.17) is 0 Å². The molecule has 32 heavy (non-hydrogen) atoms. The summed E-state index contributed by atoms with van der Waals surface area (Å²) in [6.07, 6.45) is -4.37. The first-order valence-electron chi connectivity index (χ1n) is 9.75. The Balaban J connectivity index is 1.47. The number of halogens is 4. The largest absolute Gasteiger partial charge is 0.416 e. The van der Waals surface area contributed by atoms with Crippen LogP contribution in [0.3, 0.4) is 0 Å². The van der Waals surface area contributed by atoms with Crippen molar-refractivity contribution in [3.63, 3.8) is 0 Å². The van der Waals surface area contributed by atoms with Gasteiger partial charge in [0.2, 0.25) is 5.91 Å². The zero-order valence-electron chi connectivity index (χ0n) is 16.6. The second-order valence-electron chi connectivity index (χ2n) is 7.55. The van der Waals surface area contributed by atoms with Crippen molar-refractivity contribution in [2.45, 2.75) is 31.6 Å². The van der Waals surface area contributed by atoms with E-state index in [-0.39, 0.29) is 24.6 Å². The molecule has 4 rings (SSSR count). The predicted molar refractivity (Wildman–Crippen MR) is 105 cm³/mol. The van der Waals surface area contributed by atoms with Gasteiger partial charge < -0.3 is 15.5 Å². The minimum absolute atomic E-state index is 0.0899. The van der Waals surface area contributed by atoms with Crippen LogP contribution in [0, 0.1) is 5.82 Å². The molecule has 0 aromatic heterocycles. The molecule has 4 amide bonds. The highest BCUT2D eigenvalue weighted by molar-refractivity contribution is 6.05. The maximum absolute atomic E-state index is 14.2. The van der Waals surface area contributed by atoms with E-state index in [0.717, 1.165) is 23.3 Å². The van der Waals surface area contributed by atoms with Crippen LogP contribution >= 0.6 is 0 Å². The second-order valence-corrected chi connectivity index (χ2v) is 7.55. The van der Waals surface area contributed by atoms with Gasteiger partial charge in [0.25, 0.3) is 5.91 Å². The monoisotopic (exact) mass is 450 g/mol. The Morgan fingerprint density at radius 1 is 1.16 bits per heavy atom. The molecule has 1 unspecified atom stereocenters. The first kappa shape index (κ1) is 21.6. The summed E-state index contributed by atoms with van der Waals surface area (Å²) in [4.78, 5) is 37.0. The zero-order chi connectivity index (χ0) is 23.0. The molecule has 0 bridgehead atoms. The molecule has 1 fully saturated rings. The summed E-state index contributed by atoms with van der Waals surface area (Å²) >= 11 is 0. The number of carbonyl (C=O) groups is 3. The molecule has 2 aliphatic rings. The van der Waals surface area contributed by atoms with Crippen molar-refractivity contribution in [1.29, 1.82) is 0 Å². The van der Waals surface area contributed by atoms with Gasteiger partial charge in [-0.2, -0.15) is 13.2 Å². The Labute approximate surface area is 179 Å². The molecular weight excluding hydrogens is 432 g/mol. The maximum Gasteiger partial charge on any atom is 0.416 e. The predicted octanol–water partition coefficient (Wildman–Crippen LogP) is 3.07. The summed E-state index contributed by atoms with van der Waals surface area (Å²) in [6.45, 7) is 0.587. The number of rotatable bonds is 4. The van der Waals surface area contributed by atoms with Gasteiger partial charge in [0, 0.05) is 18.8 Å². The summed E-state index contributed by atoms with van der Waals surface area (Å²) in [6, 6.07) is 5.92. The van der Waals surface area contributed by atoms with E-state index >= 15 is 0 Å². The molecule has 2 aromatic carbocycles. The summed E-state index contributed by atoms with van der Waals surface area (Å²) < 4.78 is 52.5. The minimum atomic E-state index is -4.64. The zero-order valence-corrected chi connectivity index (χ0v) is 16.6. The summed E-state index contributed by atoms with van der Waals surface area (Å²) in [5.41, 5.74) is 0.991. The number of anilines is 2. The van der Waals surface area contributed by atoms with E-state index in [0.29, 0.717) is 24.7 Å². The van der Waals surface area contributed by atoms with Crippen LogP contribution in [0.15, 0.2) is 36.4 Å². The molecule has 0 aliphatic carbocycles. The van der Waals surface area contributed by atoms with Gasteiger partial charge in [-0.15, -0.1) is 0 Å². The topological polar surface area (TPSA) is 90.5 Å². The van der Waals surface area contributed by atoms with Gasteiger partial charge >= 0.3 is 12.2 Å². The molecule has 7 nitrogen and oxygen atoms in total. The van der Waals surface area contributed by atoms with Crippen molar-refractivity contribution < 1.29 is 31.9 Å². The van der Waals surface area contributed by atoms with Crippen molar-refractivity contribution in [3.05, 3.63) is 58.9 Å². The van der Waals surface area contributed by atoms with Crippen LogP contribution in [-0.2, 0) is 28.7 Å². The molecule has 2 aliphatic heterocycles. The average Bonchev–Trinajstić information content (AvgIpc) is 3.05. The van der Waals surface area contributed by atoms with Crippen molar-refractivity contribution in [2.24, 2.45) is 0 Å². The Morgan fingerprint density at radius 2 is 1.94 bits per heavy atom. The van der Waals surface area contributed by atoms with Gasteiger partial charge in [-0.3, -0.25) is 14.9 Å². The van der Waals surface area contributed by atoms with Crippen molar-refractivity contribution in [1.82, 2.24) is 15.5 Å². The normalized spacial score (nSPS) is 18.1. The smallest absolute Gasteiger partial charge is 0.353 e. The van der Waals surface area contributed by atoms with Crippen LogP contribution in [0.4, 0.5) is 33.7 Å².